The molecule has 3 aromatic heterocycles. The van der Waals surface area contributed by atoms with E-state index in [0.29, 0.717) is 46.9 Å². The van der Waals surface area contributed by atoms with E-state index in [1.54, 1.807) is 35.0 Å². The fourth-order valence-corrected chi connectivity index (χ4v) is 4.50. The first-order valence-corrected chi connectivity index (χ1v) is 11.9. The summed E-state index contributed by atoms with van der Waals surface area (Å²) in [4.78, 5) is 25.9. The Morgan fingerprint density at radius 3 is 2.94 bits per heavy atom. The van der Waals surface area contributed by atoms with E-state index in [1.165, 1.54) is 18.4 Å². The monoisotopic (exact) mass is 484 g/mol. The normalized spacial score (nSPS) is 18.7. The van der Waals surface area contributed by atoms with Gasteiger partial charge in [0.1, 0.15) is 5.82 Å². The third-order valence-electron chi connectivity index (χ3n) is 6.43. The predicted molar refractivity (Wildman–Crippen MR) is 130 cm³/mol. The van der Waals surface area contributed by atoms with Crippen molar-refractivity contribution in [3.8, 4) is 6.07 Å². The van der Waals surface area contributed by atoms with Crippen molar-refractivity contribution in [2.24, 2.45) is 5.92 Å². The molecule has 2 fully saturated rings. The topological polar surface area (TPSA) is 121 Å². The number of carbonyl (C=O) groups is 1. The van der Waals surface area contributed by atoms with Crippen molar-refractivity contribution in [1.29, 1.82) is 5.26 Å². The summed E-state index contributed by atoms with van der Waals surface area (Å²) >= 11 is 6.10. The van der Waals surface area contributed by atoms with Crippen LogP contribution >= 0.6 is 11.6 Å². The highest BCUT2D eigenvalue weighted by Crippen LogP contribution is 2.49. The Labute approximate surface area is 206 Å². The van der Waals surface area contributed by atoms with Gasteiger partial charge in [-0.05, 0) is 66.5 Å². The van der Waals surface area contributed by atoms with Gasteiger partial charge >= 0.3 is 0 Å². The molecule has 2 saturated carbocycles. The molecule has 2 aliphatic rings. The average Bonchev–Trinajstić information content (AvgIpc) is 3.79. The molecule has 4 aromatic rings. The van der Waals surface area contributed by atoms with Gasteiger partial charge in [-0.1, -0.05) is 11.6 Å². The Balaban J connectivity index is 1.09. The number of halogens is 1. The van der Waals surface area contributed by atoms with E-state index >= 15 is 0 Å². The minimum Gasteiger partial charge on any atom is -0.378 e. The van der Waals surface area contributed by atoms with E-state index in [9.17, 15) is 10.1 Å². The Morgan fingerprint density at radius 2 is 2.11 bits per heavy atom. The molecule has 35 heavy (non-hydrogen) atoms. The van der Waals surface area contributed by atoms with Crippen LogP contribution in [-0.2, 0) is 11.3 Å². The van der Waals surface area contributed by atoms with Crippen molar-refractivity contribution in [2.45, 2.75) is 37.6 Å². The molecule has 0 unspecified atom stereocenters. The molecule has 10 heteroatoms. The minimum absolute atomic E-state index is 0.0141. The summed E-state index contributed by atoms with van der Waals surface area (Å²) in [6.07, 6.45) is 8.61. The first kappa shape index (κ1) is 21.5. The summed E-state index contributed by atoms with van der Waals surface area (Å²) in [5, 5.41) is 20.6. The number of hydrogen-bond donors (Lipinski definition) is 2. The maximum atomic E-state index is 12.8. The van der Waals surface area contributed by atoms with Crippen molar-refractivity contribution >= 4 is 34.8 Å². The zero-order valence-corrected chi connectivity index (χ0v) is 19.4. The van der Waals surface area contributed by atoms with Gasteiger partial charge in [-0.2, -0.15) is 10.2 Å². The minimum atomic E-state index is -0.214. The fraction of sp³-hybridized carbons (Fsp3) is 0.280. The standard InChI is InChI=1S/C25H21ClN8O/c26-17-4-3-15(10-27)19(7-17)20-9-21(20)24(35)31-22-8-18(5-6-28-22)29-12-23-32-25-30-11-16(14-1-2-14)13-34(25)33-23/h3-8,11,13-14,20-21H,1-2,9,12H2,(H2,28,29,31,35)/t20-,21+/m1/s1. The Morgan fingerprint density at radius 1 is 1.23 bits per heavy atom. The number of anilines is 2. The van der Waals surface area contributed by atoms with Crippen LogP contribution in [0.25, 0.3) is 5.78 Å². The molecule has 1 aromatic carbocycles. The number of nitrogens with one attached hydrogen (secondary N) is 2. The summed E-state index contributed by atoms with van der Waals surface area (Å²) in [6, 6.07) is 10.9. The van der Waals surface area contributed by atoms with Crippen LogP contribution in [0.1, 0.15) is 53.6 Å². The van der Waals surface area contributed by atoms with Gasteiger partial charge in [0.25, 0.3) is 5.78 Å². The number of aromatic nitrogens is 5. The van der Waals surface area contributed by atoms with Crippen LogP contribution in [0.3, 0.4) is 0 Å². The van der Waals surface area contributed by atoms with E-state index in [2.05, 4.69) is 36.8 Å². The molecule has 0 radical (unpaired) electrons. The second-order valence-corrected chi connectivity index (χ2v) is 9.44. The van der Waals surface area contributed by atoms with Crippen molar-refractivity contribution < 1.29 is 4.79 Å². The van der Waals surface area contributed by atoms with Crippen LogP contribution in [0.15, 0.2) is 48.9 Å². The van der Waals surface area contributed by atoms with Crippen LogP contribution in [0, 0.1) is 17.2 Å². The van der Waals surface area contributed by atoms with Crippen molar-refractivity contribution in [3.05, 3.63) is 76.5 Å². The number of carbonyl (C=O) groups excluding carboxylic acids is 1. The van der Waals surface area contributed by atoms with Gasteiger partial charge in [0.2, 0.25) is 5.91 Å². The van der Waals surface area contributed by atoms with Crippen LogP contribution in [0.4, 0.5) is 11.5 Å². The molecule has 0 bridgehead atoms. The highest BCUT2D eigenvalue weighted by Gasteiger charge is 2.45. The van der Waals surface area contributed by atoms with E-state index in [4.69, 9.17) is 11.6 Å². The molecule has 0 saturated heterocycles. The Hall–Kier alpha value is -4.03. The number of rotatable bonds is 7. The fourth-order valence-electron chi connectivity index (χ4n) is 4.32. The van der Waals surface area contributed by atoms with Crippen LogP contribution in [0.5, 0.6) is 0 Å². The number of pyridine rings is 1. The largest absolute Gasteiger partial charge is 0.378 e. The van der Waals surface area contributed by atoms with Gasteiger partial charge in [-0.15, -0.1) is 5.10 Å². The molecular formula is C25H21ClN8O. The highest BCUT2D eigenvalue weighted by molar-refractivity contribution is 6.30. The molecule has 2 atom stereocenters. The molecular weight excluding hydrogens is 464 g/mol. The maximum Gasteiger partial charge on any atom is 0.252 e. The Bertz CT molecular complexity index is 1490. The van der Waals surface area contributed by atoms with Crippen LogP contribution in [0.2, 0.25) is 5.02 Å². The van der Waals surface area contributed by atoms with Crippen molar-refractivity contribution in [1.82, 2.24) is 24.6 Å². The zero-order chi connectivity index (χ0) is 23.9. The molecule has 0 aliphatic heterocycles. The molecule has 2 N–H and O–H groups in total. The predicted octanol–water partition coefficient (Wildman–Crippen LogP) is 4.28. The summed E-state index contributed by atoms with van der Waals surface area (Å²) in [7, 11) is 0. The second-order valence-electron chi connectivity index (χ2n) is 9.00. The summed E-state index contributed by atoms with van der Waals surface area (Å²) in [5.74, 6) is 1.91. The van der Waals surface area contributed by atoms with Crippen LogP contribution < -0.4 is 10.6 Å². The SMILES string of the molecule is N#Cc1ccc(Cl)cc1[C@H]1C[C@@H]1C(=O)Nc1cc(NCc2nc3ncc(C4CC4)cn3n2)ccn1. The molecule has 3 heterocycles. The van der Waals surface area contributed by atoms with E-state index < -0.39 is 0 Å². The summed E-state index contributed by atoms with van der Waals surface area (Å²) in [6.45, 7) is 0.413. The van der Waals surface area contributed by atoms with Crippen molar-refractivity contribution in [3.63, 3.8) is 0 Å². The van der Waals surface area contributed by atoms with Gasteiger partial charge in [0.15, 0.2) is 5.82 Å². The van der Waals surface area contributed by atoms with Gasteiger partial charge in [-0.3, -0.25) is 4.79 Å². The number of amides is 1. The third-order valence-corrected chi connectivity index (χ3v) is 6.66. The summed E-state index contributed by atoms with van der Waals surface area (Å²) in [5.41, 5.74) is 3.36. The Kier molecular flexibility index (Phi) is 5.30. The molecule has 9 nitrogen and oxygen atoms in total. The number of fused-ring (bicyclic) bond motifs is 1. The second kappa shape index (κ2) is 8.64. The molecule has 1 amide bonds. The van der Waals surface area contributed by atoms with Gasteiger partial charge in [0.05, 0.1) is 18.2 Å². The quantitative estimate of drug-likeness (QED) is 0.401. The molecule has 6 rings (SSSR count). The van der Waals surface area contributed by atoms with Gasteiger partial charge in [0, 0.05) is 41.3 Å². The lowest BCUT2D eigenvalue weighted by atomic mass is 10.0. The van der Waals surface area contributed by atoms with Gasteiger partial charge in [-0.25, -0.2) is 14.5 Å². The van der Waals surface area contributed by atoms with E-state index in [-0.39, 0.29) is 17.7 Å². The zero-order valence-electron chi connectivity index (χ0n) is 18.6. The first-order chi connectivity index (χ1) is 17.1. The summed E-state index contributed by atoms with van der Waals surface area (Å²) < 4.78 is 1.73. The number of hydrogen-bond acceptors (Lipinski definition) is 7. The third kappa shape index (κ3) is 4.53. The average molecular weight is 485 g/mol. The maximum absolute atomic E-state index is 12.8. The lowest BCUT2D eigenvalue weighted by Crippen LogP contribution is -2.16. The lowest BCUT2D eigenvalue weighted by Gasteiger charge is -2.08. The molecule has 0 spiro atoms. The lowest BCUT2D eigenvalue weighted by molar-refractivity contribution is -0.117. The van der Waals surface area contributed by atoms with E-state index in [0.717, 1.165) is 11.3 Å². The molecule has 174 valence electrons. The van der Waals surface area contributed by atoms with Gasteiger partial charge < -0.3 is 10.6 Å². The van der Waals surface area contributed by atoms with Crippen LogP contribution in [-0.4, -0.2) is 30.5 Å². The number of benzene rings is 1. The number of nitrogens with zero attached hydrogens (tertiary/aromatic N) is 6. The van der Waals surface area contributed by atoms with E-state index in [1.807, 2.05) is 18.5 Å². The van der Waals surface area contributed by atoms with Crippen molar-refractivity contribution in [2.75, 3.05) is 10.6 Å². The first-order valence-electron chi connectivity index (χ1n) is 11.5. The smallest absolute Gasteiger partial charge is 0.252 e. The molecule has 2 aliphatic carbocycles. The number of nitriles is 1. The highest BCUT2D eigenvalue weighted by atomic mass is 35.5.